The molecule has 0 radical (unpaired) electrons. The normalized spacial score (nSPS) is 22.5. The van der Waals surface area contributed by atoms with E-state index in [2.05, 4.69) is 0 Å². The van der Waals surface area contributed by atoms with Crippen molar-refractivity contribution >= 4 is 11.8 Å². The van der Waals surface area contributed by atoms with Gasteiger partial charge in [0.15, 0.2) is 0 Å². The van der Waals surface area contributed by atoms with Crippen LogP contribution in [0.15, 0.2) is 24.3 Å². The van der Waals surface area contributed by atoms with Crippen molar-refractivity contribution in [2.45, 2.75) is 25.4 Å². The van der Waals surface area contributed by atoms with E-state index in [0.717, 1.165) is 11.3 Å². The predicted molar refractivity (Wildman–Crippen MR) is 83.9 cm³/mol. The summed E-state index contributed by atoms with van der Waals surface area (Å²) in [5.41, 5.74) is 5.55. The number of hydrogen-bond donors (Lipinski definition) is 1. The fourth-order valence-electron chi connectivity index (χ4n) is 3.08. The fourth-order valence-corrected chi connectivity index (χ4v) is 3.08. The minimum Gasteiger partial charge on any atom is -0.497 e. The van der Waals surface area contributed by atoms with Gasteiger partial charge in [0.05, 0.1) is 19.8 Å². The number of hydrogen-bond acceptors (Lipinski definition) is 4. The lowest BCUT2D eigenvalue weighted by Crippen LogP contribution is -2.51. The molecule has 1 aliphatic carbocycles. The third kappa shape index (κ3) is 3.17. The maximum Gasteiger partial charge on any atom is 0.238 e. The molecule has 1 saturated heterocycles. The molecule has 6 heteroatoms. The van der Waals surface area contributed by atoms with Crippen LogP contribution in [0.1, 0.15) is 18.4 Å². The molecular formula is C17H22N2O4. The number of ether oxygens (including phenoxy) is 2. The van der Waals surface area contributed by atoms with Gasteiger partial charge in [-0.1, -0.05) is 12.1 Å². The molecule has 1 aromatic carbocycles. The van der Waals surface area contributed by atoms with Crippen LogP contribution < -0.4 is 10.5 Å². The van der Waals surface area contributed by atoms with Crippen LogP contribution in [0.4, 0.5) is 0 Å². The minimum atomic E-state index is -0.947. The van der Waals surface area contributed by atoms with Crippen molar-refractivity contribution in [3.8, 4) is 5.75 Å². The van der Waals surface area contributed by atoms with E-state index in [1.54, 1.807) is 12.0 Å². The number of carbonyl (C=O) groups is 2. The quantitative estimate of drug-likeness (QED) is 0.812. The molecule has 3 rings (SSSR count). The van der Waals surface area contributed by atoms with Crippen molar-refractivity contribution in [3.63, 3.8) is 0 Å². The maximum atomic E-state index is 12.6. The molecule has 0 bridgehead atoms. The van der Waals surface area contributed by atoms with Crippen LogP contribution in [-0.2, 0) is 20.7 Å². The second kappa shape index (κ2) is 6.20. The first-order valence-corrected chi connectivity index (χ1v) is 7.89. The van der Waals surface area contributed by atoms with Crippen molar-refractivity contribution in [3.05, 3.63) is 29.8 Å². The number of benzene rings is 1. The van der Waals surface area contributed by atoms with Crippen LogP contribution in [0.5, 0.6) is 5.75 Å². The van der Waals surface area contributed by atoms with E-state index in [1.165, 1.54) is 0 Å². The number of primary amides is 1. The topological polar surface area (TPSA) is 81.9 Å². The summed E-state index contributed by atoms with van der Waals surface area (Å²) in [6.45, 7) is 1.49. The zero-order valence-electron chi connectivity index (χ0n) is 13.3. The van der Waals surface area contributed by atoms with Gasteiger partial charge in [-0.05, 0) is 30.5 Å². The van der Waals surface area contributed by atoms with Crippen molar-refractivity contribution in [1.82, 2.24) is 4.90 Å². The van der Waals surface area contributed by atoms with Crippen LogP contribution in [0, 0.1) is 5.41 Å². The van der Waals surface area contributed by atoms with Crippen molar-refractivity contribution < 1.29 is 19.1 Å². The van der Waals surface area contributed by atoms with E-state index in [0.29, 0.717) is 39.0 Å². The van der Waals surface area contributed by atoms with Crippen molar-refractivity contribution in [2.75, 3.05) is 26.8 Å². The summed E-state index contributed by atoms with van der Waals surface area (Å²) in [6.07, 6.45) is 1.76. The number of methoxy groups -OCH3 is 1. The number of rotatable bonds is 5. The van der Waals surface area contributed by atoms with E-state index in [9.17, 15) is 9.59 Å². The van der Waals surface area contributed by atoms with Crippen molar-refractivity contribution in [1.29, 1.82) is 0 Å². The molecule has 1 atom stereocenters. The number of nitrogens with two attached hydrogens (primary N) is 1. The molecule has 1 unspecified atom stereocenters. The fraction of sp³-hybridized carbons (Fsp3) is 0.529. The zero-order chi connectivity index (χ0) is 16.4. The molecule has 2 fully saturated rings. The second-order valence-electron chi connectivity index (χ2n) is 6.25. The van der Waals surface area contributed by atoms with Crippen molar-refractivity contribution in [2.24, 2.45) is 11.1 Å². The van der Waals surface area contributed by atoms with Crippen LogP contribution >= 0.6 is 0 Å². The summed E-state index contributed by atoms with van der Waals surface area (Å²) >= 11 is 0. The van der Waals surface area contributed by atoms with Gasteiger partial charge < -0.3 is 20.1 Å². The summed E-state index contributed by atoms with van der Waals surface area (Å²) < 4.78 is 11.0. The van der Waals surface area contributed by atoms with Gasteiger partial charge >= 0.3 is 0 Å². The van der Waals surface area contributed by atoms with E-state index in [1.807, 2.05) is 24.3 Å². The highest BCUT2D eigenvalue weighted by Crippen LogP contribution is 2.47. The van der Waals surface area contributed by atoms with E-state index < -0.39 is 11.3 Å². The zero-order valence-corrected chi connectivity index (χ0v) is 13.3. The van der Waals surface area contributed by atoms with Crippen LogP contribution in [0.2, 0.25) is 0 Å². The Bertz CT molecular complexity index is 612. The largest absolute Gasteiger partial charge is 0.497 e. The minimum absolute atomic E-state index is 0.0801. The predicted octanol–water partition coefficient (Wildman–Crippen LogP) is 0.731. The number of morpholine rings is 1. The Balaban J connectivity index is 1.64. The SMILES string of the molecule is COc1cccc(CC2CN(C(=O)C3(C(N)=O)CC3)CCO2)c1. The van der Waals surface area contributed by atoms with Crippen LogP contribution in [-0.4, -0.2) is 49.6 Å². The van der Waals surface area contributed by atoms with Crippen LogP contribution in [0.3, 0.4) is 0 Å². The molecule has 0 spiro atoms. The summed E-state index contributed by atoms with van der Waals surface area (Å²) in [4.78, 5) is 25.8. The van der Waals surface area contributed by atoms with Gasteiger partial charge in [-0.25, -0.2) is 0 Å². The number of carbonyl (C=O) groups excluding carboxylic acids is 2. The lowest BCUT2D eigenvalue weighted by atomic mass is 10.0. The lowest BCUT2D eigenvalue weighted by Gasteiger charge is -2.34. The molecule has 2 N–H and O–H groups in total. The molecule has 1 heterocycles. The van der Waals surface area contributed by atoms with Gasteiger partial charge in [-0.2, -0.15) is 0 Å². The number of amides is 2. The third-order valence-electron chi connectivity index (χ3n) is 4.65. The van der Waals surface area contributed by atoms with Gasteiger partial charge in [0.25, 0.3) is 0 Å². The van der Waals surface area contributed by atoms with Gasteiger partial charge in [0, 0.05) is 19.5 Å². The molecule has 1 aliphatic heterocycles. The maximum absolute atomic E-state index is 12.6. The molecule has 1 saturated carbocycles. The van der Waals surface area contributed by atoms with Crippen LogP contribution in [0.25, 0.3) is 0 Å². The summed E-state index contributed by atoms with van der Waals surface area (Å²) in [6, 6.07) is 7.81. The van der Waals surface area contributed by atoms with E-state index >= 15 is 0 Å². The van der Waals surface area contributed by atoms with Gasteiger partial charge in [-0.15, -0.1) is 0 Å². The Labute approximate surface area is 135 Å². The standard InChI is InChI=1S/C17H22N2O4/c1-22-13-4-2-3-12(9-13)10-14-11-19(7-8-23-14)16(21)17(5-6-17)15(18)20/h2-4,9,14H,5-8,10-11H2,1H3,(H2,18,20). The van der Waals surface area contributed by atoms with Gasteiger partial charge in [0.2, 0.25) is 11.8 Å². The average Bonchev–Trinajstić information content (AvgIpc) is 3.36. The third-order valence-corrected chi connectivity index (χ3v) is 4.65. The Morgan fingerprint density at radius 3 is 2.87 bits per heavy atom. The summed E-state index contributed by atoms with van der Waals surface area (Å²) in [7, 11) is 1.63. The molecule has 2 amide bonds. The molecular weight excluding hydrogens is 296 g/mol. The molecule has 6 nitrogen and oxygen atoms in total. The van der Waals surface area contributed by atoms with E-state index in [4.69, 9.17) is 15.2 Å². The molecule has 1 aromatic rings. The van der Waals surface area contributed by atoms with Gasteiger partial charge in [-0.3, -0.25) is 9.59 Å². The Hall–Kier alpha value is -2.08. The average molecular weight is 318 g/mol. The molecule has 0 aromatic heterocycles. The molecule has 2 aliphatic rings. The monoisotopic (exact) mass is 318 g/mol. The highest BCUT2D eigenvalue weighted by molar-refractivity contribution is 6.07. The number of nitrogens with zero attached hydrogens (tertiary/aromatic N) is 1. The first-order valence-electron chi connectivity index (χ1n) is 7.89. The first kappa shape index (κ1) is 15.8. The molecule has 124 valence electrons. The Kier molecular flexibility index (Phi) is 4.26. The van der Waals surface area contributed by atoms with Gasteiger partial charge in [0.1, 0.15) is 11.2 Å². The highest BCUT2D eigenvalue weighted by atomic mass is 16.5. The highest BCUT2D eigenvalue weighted by Gasteiger charge is 2.57. The Morgan fingerprint density at radius 2 is 2.22 bits per heavy atom. The molecule has 23 heavy (non-hydrogen) atoms. The van der Waals surface area contributed by atoms with E-state index in [-0.39, 0.29) is 12.0 Å². The summed E-state index contributed by atoms with van der Waals surface area (Å²) in [5, 5.41) is 0. The smallest absolute Gasteiger partial charge is 0.238 e. The Morgan fingerprint density at radius 1 is 1.43 bits per heavy atom. The first-order chi connectivity index (χ1) is 11.0. The summed E-state index contributed by atoms with van der Waals surface area (Å²) in [5.74, 6) is 0.166. The lowest BCUT2D eigenvalue weighted by molar-refractivity contribution is -0.148. The second-order valence-corrected chi connectivity index (χ2v) is 6.25.